The Hall–Kier alpha value is -3.19. The molecule has 0 unspecified atom stereocenters. The second-order valence-corrected chi connectivity index (χ2v) is 6.73. The third kappa shape index (κ3) is 4.71. The molecule has 7 heteroatoms. The van der Waals surface area contributed by atoms with Crippen molar-refractivity contribution in [2.75, 3.05) is 7.11 Å². The van der Waals surface area contributed by atoms with E-state index in [9.17, 15) is 9.90 Å². The average molecular weight is 381 g/mol. The van der Waals surface area contributed by atoms with Gasteiger partial charge < -0.3 is 9.84 Å². The maximum atomic E-state index is 12.2. The molecule has 2 N–H and O–H groups in total. The Bertz CT molecular complexity index is 968. The molecule has 0 radical (unpaired) electrons. The minimum atomic E-state index is -0.273. The van der Waals surface area contributed by atoms with Crippen molar-refractivity contribution >= 4 is 23.0 Å². The predicted octanol–water partition coefficient (Wildman–Crippen LogP) is 3.61. The number of nitrogens with zero attached hydrogens (tertiary/aromatic N) is 2. The predicted molar refractivity (Wildman–Crippen MR) is 106 cm³/mol. The van der Waals surface area contributed by atoms with Crippen molar-refractivity contribution in [3.05, 3.63) is 64.5 Å². The van der Waals surface area contributed by atoms with E-state index in [1.807, 2.05) is 35.7 Å². The number of aromatic nitrogens is 1. The molecule has 3 aromatic rings. The molecule has 1 heterocycles. The first-order valence-electron chi connectivity index (χ1n) is 8.27. The van der Waals surface area contributed by atoms with Gasteiger partial charge >= 0.3 is 0 Å². The lowest BCUT2D eigenvalue weighted by Gasteiger charge is -2.07. The van der Waals surface area contributed by atoms with Crippen LogP contribution >= 0.6 is 11.3 Å². The molecule has 0 aliphatic rings. The quantitative estimate of drug-likeness (QED) is 0.505. The minimum Gasteiger partial charge on any atom is -0.507 e. The number of amides is 1. The summed E-state index contributed by atoms with van der Waals surface area (Å²) in [7, 11) is 1.54. The molecule has 3 rings (SSSR count). The highest BCUT2D eigenvalue weighted by molar-refractivity contribution is 7.10. The fourth-order valence-electron chi connectivity index (χ4n) is 2.45. The van der Waals surface area contributed by atoms with Crippen LogP contribution in [0.4, 0.5) is 0 Å². The van der Waals surface area contributed by atoms with Crippen molar-refractivity contribution in [2.24, 2.45) is 5.10 Å². The van der Waals surface area contributed by atoms with Crippen LogP contribution in [-0.2, 0) is 11.2 Å². The Labute approximate surface area is 161 Å². The molecule has 138 valence electrons. The van der Waals surface area contributed by atoms with Gasteiger partial charge in [0.05, 0.1) is 24.9 Å². The number of aromatic hydroxyl groups is 1. The number of hydrogen-bond donors (Lipinski definition) is 2. The molecular formula is C20H19N3O3S. The van der Waals surface area contributed by atoms with Gasteiger partial charge in [0.1, 0.15) is 16.5 Å². The molecule has 0 atom stereocenters. The van der Waals surface area contributed by atoms with Crippen molar-refractivity contribution in [3.8, 4) is 22.8 Å². The van der Waals surface area contributed by atoms with Crippen LogP contribution in [0.5, 0.6) is 11.5 Å². The maximum absolute atomic E-state index is 12.2. The summed E-state index contributed by atoms with van der Waals surface area (Å²) in [5.41, 5.74) is 5.35. The standard InChI is InChI=1S/C20H19N3O3S/c1-13(16-10-15(26-2)8-9-18(16)24)22-23-19(25)11-20-21-17(12-27-20)14-6-4-3-5-7-14/h3-10,12,24H,11H2,1-2H3,(H,23,25)/b22-13+. The SMILES string of the molecule is COc1ccc(O)c(/C(C)=N/NC(=O)Cc2nc(-c3ccccc3)cs2)c1. The van der Waals surface area contributed by atoms with E-state index >= 15 is 0 Å². The van der Waals surface area contributed by atoms with Crippen molar-refractivity contribution in [1.82, 2.24) is 10.4 Å². The first-order valence-corrected chi connectivity index (χ1v) is 9.15. The third-order valence-corrected chi connectivity index (χ3v) is 4.72. The van der Waals surface area contributed by atoms with Crippen LogP contribution in [0, 0.1) is 0 Å². The molecule has 0 aliphatic heterocycles. The number of hydrogen-bond acceptors (Lipinski definition) is 6. The number of carbonyl (C=O) groups excluding carboxylic acids is 1. The van der Waals surface area contributed by atoms with E-state index in [0.29, 0.717) is 22.0 Å². The third-order valence-electron chi connectivity index (χ3n) is 3.87. The largest absolute Gasteiger partial charge is 0.507 e. The van der Waals surface area contributed by atoms with Crippen LogP contribution in [0.15, 0.2) is 59.0 Å². The zero-order valence-corrected chi connectivity index (χ0v) is 15.8. The first kappa shape index (κ1) is 18.6. The number of methoxy groups -OCH3 is 1. The Morgan fingerprint density at radius 3 is 2.78 bits per heavy atom. The van der Waals surface area contributed by atoms with Gasteiger partial charge in [-0.1, -0.05) is 30.3 Å². The van der Waals surface area contributed by atoms with Gasteiger partial charge in [0.2, 0.25) is 5.91 Å². The van der Waals surface area contributed by atoms with E-state index < -0.39 is 0 Å². The zero-order valence-electron chi connectivity index (χ0n) is 15.0. The number of phenols is 1. The highest BCUT2D eigenvalue weighted by Crippen LogP contribution is 2.24. The van der Waals surface area contributed by atoms with Crippen LogP contribution in [0.1, 0.15) is 17.5 Å². The fraction of sp³-hybridized carbons (Fsp3) is 0.150. The van der Waals surface area contributed by atoms with Crippen molar-refractivity contribution < 1.29 is 14.6 Å². The first-order chi connectivity index (χ1) is 13.1. The number of rotatable bonds is 6. The summed E-state index contributed by atoms with van der Waals surface area (Å²) in [6.07, 6.45) is 0.137. The summed E-state index contributed by atoms with van der Waals surface area (Å²) in [4.78, 5) is 16.7. The molecule has 0 saturated heterocycles. The van der Waals surface area contributed by atoms with Gasteiger partial charge in [-0.2, -0.15) is 5.10 Å². The lowest BCUT2D eigenvalue weighted by Crippen LogP contribution is -2.21. The number of ether oxygens (including phenoxy) is 1. The van der Waals surface area contributed by atoms with Crippen molar-refractivity contribution in [1.29, 1.82) is 0 Å². The Kier molecular flexibility index (Phi) is 5.83. The zero-order chi connectivity index (χ0) is 19.2. The highest BCUT2D eigenvalue weighted by Gasteiger charge is 2.10. The summed E-state index contributed by atoms with van der Waals surface area (Å²) < 4.78 is 5.14. The number of thiazole rings is 1. The van der Waals surface area contributed by atoms with E-state index in [1.165, 1.54) is 17.4 Å². The molecule has 0 saturated carbocycles. The van der Waals surface area contributed by atoms with Gasteiger partial charge in [0.15, 0.2) is 0 Å². The van der Waals surface area contributed by atoms with E-state index in [1.54, 1.807) is 26.2 Å². The molecule has 27 heavy (non-hydrogen) atoms. The molecule has 0 spiro atoms. The van der Waals surface area contributed by atoms with Crippen LogP contribution in [0.2, 0.25) is 0 Å². The Morgan fingerprint density at radius 2 is 2.04 bits per heavy atom. The molecule has 6 nitrogen and oxygen atoms in total. The molecule has 0 fully saturated rings. The van der Waals surface area contributed by atoms with Gasteiger partial charge in [-0.25, -0.2) is 10.4 Å². The number of nitrogens with one attached hydrogen (secondary N) is 1. The van der Waals surface area contributed by atoms with E-state index in [2.05, 4.69) is 15.5 Å². The number of phenolic OH excluding ortho intramolecular Hbond substituents is 1. The number of carbonyl (C=O) groups is 1. The van der Waals surface area contributed by atoms with E-state index in [-0.39, 0.29) is 18.1 Å². The van der Waals surface area contributed by atoms with Gasteiger partial charge in [0.25, 0.3) is 0 Å². The molecule has 2 aromatic carbocycles. The van der Waals surface area contributed by atoms with Crippen molar-refractivity contribution in [3.63, 3.8) is 0 Å². The van der Waals surface area contributed by atoms with Crippen LogP contribution in [-0.4, -0.2) is 28.8 Å². The summed E-state index contributed by atoms with van der Waals surface area (Å²) >= 11 is 1.43. The topological polar surface area (TPSA) is 83.8 Å². The molecular weight excluding hydrogens is 362 g/mol. The van der Waals surface area contributed by atoms with Crippen LogP contribution < -0.4 is 10.2 Å². The van der Waals surface area contributed by atoms with Gasteiger partial charge in [-0.05, 0) is 25.1 Å². The normalized spacial score (nSPS) is 11.3. The average Bonchev–Trinajstić information content (AvgIpc) is 3.15. The van der Waals surface area contributed by atoms with E-state index in [0.717, 1.165) is 11.3 Å². The maximum Gasteiger partial charge on any atom is 0.246 e. The Balaban J connectivity index is 1.64. The van der Waals surface area contributed by atoms with Crippen molar-refractivity contribution in [2.45, 2.75) is 13.3 Å². The lowest BCUT2D eigenvalue weighted by atomic mass is 10.1. The van der Waals surface area contributed by atoms with E-state index in [4.69, 9.17) is 4.74 Å². The van der Waals surface area contributed by atoms with Crippen LogP contribution in [0.3, 0.4) is 0 Å². The molecule has 0 aliphatic carbocycles. The second-order valence-electron chi connectivity index (χ2n) is 5.78. The minimum absolute atomic E-state index is 0.0683. The van der Waals surface area contributed by atoms with Gasteiger partial charge in [-0.3, -0.25) is 4.79 Å². The summed E-state index contributed by atoms with van der Waals surface area (Å²) in [5.74, 6) is 0.393. The summed E-state index contributed by atoms with van der Waals surface area (Å²) in [6, 6.07) is 14.6. The monoisotopic (exact) mass is 381 g/mol. The van der Waals surface area contributed by atoms with Gasteiger partial charge in [0, 0.05) is 16.5 Å². The fourth-order valence-corrected chi connectivity index (χ4v) is 3.25. The second kappa shape index (κ2) is 8.46. The molecule has 1 amide bonds. The highest BCUT2D eigenvalue weighted by atomic mass is 32.1. The summed E-state index contributed by atoms with van der Waals surface area (Å²) in [6.45, 7) is 1.70. The van der Waals surface area contributed by atoms with Gasteiger partial charge in [-0.15, -0.1) is 11.3 Å². The number of hydrazone groups is 1. The van der Waals surface area contributed by atoms with Crippen LogP contribution in [0.25, 0.3) is 11.3 Å². The molecule has 1 aromatic heterocycles. The summed E-state index contributed by atoms with van der Waals surface area (Å²) in [5, 5.41) is 16.7. The Morgan fingerprint density at radius 1 is 1.26 bits per heavy atom. The number of benzene rings is 2. The molecule has 0 bridgehead atoms. The smallest absolute Gasteiger partial charge is 0.246 e. The lowest BCUT2D eigenvalue weighted by molar-refractivity contribution is -0.120.